The summed E-state index contributed by atoms with van der Waals surface area (Å²) in [5, 5.41) is 39.5. The second kappa shape index (κ2) is 10.9. The second-order valence-electron chi connectivity index (χ2n) is 15.1. The number of aliphatic hydroxyl groups is 4. The summed E-state index contributed by atoms with van der Waals surface area (Å²) in [5.41, 5.74) is 1.59. The molecule has 9 heteroatoms. The van der Waals surface area contributed by atoms with E-state index in [4.69, 9.17) is 14.2 Å². The third-order valence-corrected chi connectivity index (χ3v) is 13.0. The summed E-state index contributed by atoms with van der Waals surface area (Å²) < 4.78 is 18.9. The molecular weight excluding hydrogens is 540 g/mol. The Bertz CT molecular complexity index is 1080. The number of hydrogen-bond acceptors (Lipinski definition) is 9. The molecule has 0 amide bonds. The molecule has 0 radical (unpaired) electrons. The van der Waals surface area contributed by atoms with Crippen LogP contribution in [0.15, 0.2) is 11.6 Å². The van der Waals surface area contributed by atoms with E-state index in [1.165, 1.54) is 24.8 Å². The number of rotatable bonds is 6. The van der Waals surface area contributed by atoms with Crippen LogP contribution in [0.5, 0.6) is 0 Å². The highest BCUT2D eigenvalue weighted by Gasteiger charge is 2.68. The Morgan fingerprint density at radius 2 is 1.81 bits per heavy atom. The van der Waals surface area contributed by atoms with E-state index in [0.717, 1.165) is 32.3 Å². The fourth-order valence-electron chi connectivity index (χ4n) is 10.6. The average molecular weight is 591 g/mol. The molecular formula is C33H50O9. The lowest BCUT2D eigenvalue weighted by Gasteiger charge is -2.58. The second-order valence-corrected chi connectivity index (χ2v) is 15.1. The van der Waals surface area contributed by atoms with Gasteiger partial charge in [-0.3, -0.25) is 0 Å². The highest BCUT2D eigenvalue weighted by Crippen LogP contribution is 2.70. The summed E-state index contributed by atoms with van der Waals surface area (Å²) in [6.07, 6.45) is 3.05. The maximum atomic E-state index is 12.6. The zero-order chi connectivity index (χ0) is 30.2. The quantitative estimate of drug-likeness (QED) is 0.209. The van der Waals surface area contributed by atoms with Gasteiger partial charge < -0.3 is 39.4 Å². The Balaban J connectivity index is 1.12. The van der Waals surface area contributed by atoms with Crippen molar-refractivity contribution < 1.29 is 44.2 Å². The normalized spacial score (nSPS) is 49.0. The number of allylic oxidation sites excluding steroid dienone is 1. The number of carbonyl (C=O) groups excluding carboxylic acids is 2. The fraction of sp³-hybridized carbons (Fsp3) is 0.879. The Morgan fingerprint density at radius 3 is 2.50 bits per heavy atom. The Labute approximate surface area is 249 Å². The highest BCUT2D eigenvalue weighted by molar-refractivity contribution is 5.75. The number of hydrogen-bond donors (Lipinski definition) is 4. The van der Waals surface area contributed by atoms with Crippen molar-refractivity contribution in [2.24, 2.45) is 46.3 Å². The molecule has 15 atom stereocenters. The monoisotopic (exact) mass is 590 g/mol. The zero-order valence-electron chi connectivity index (χ0n) is 25.5. The van der Waals surface area contributed by atoms with Crippen LogP contribution >= 0.6 is 0 Å². The van der Waals surface area contributed by atoms with Crippen molar-refractivity contribution in [2.75, 3.05) is 6.61 Å². The van der Waals surface area contributed by atoms with Gasteiger partial charge in [0.25, 0.3) is 0 Å². The van der Waals surface area contributed by atoms with Crippen LogP contribution in [0.3, 0.4) is 0 Å². The van der Waals surface area contributed by atoms with Gasteiger partial charge in [-0.1, -0.05) is 39.3 Å². The third-order valence-electron chi connectivity index (χ3n) is 13.0. The molecule has 1 spiro atoms. The molecule has 2 aliphatic heterocycles. The molecule has 3 saturated carbocycles. The van der Waals surface area contributed by atoms with Gasteiger partial charge in [-0.2, -0.15) is 0 Å². The van der Waals surface area contributed by atoms with Gasteiger partial charge in [-0.05, 0) is 85.4 Å². The Kier molecular flexibility index (Phi) is 7.97. The van der Waals surface area contributed by atoms with Crippen molar-refractivity contribution in [3.05, 3.63) is 11.6 Å². The first kappa shape index (κ1) is 30.7. The average Bonchev–Trinajstić information content (AvgIpc) is 3.42. The molecule has 4 N–H and O–H groups in total. The number of aliphatic hydroxyl groups excluding tert-OH is 4. The van der Waals surface area contributed by atoms with Gasteiger partial charge in [-0.15, -0.1) is 0 Å². The van der Waals surface area contributed by atoms with Gasteiger partial charge in [0.15, 0.2) is 18.2 Å². The maximum absolute atomic E-state index is 12.6. The van der Waals surface area contributed by atoms with E-state index in [1.54, 1.807) is 0 Å². The van der Waals surface area contributed by atoms with Crippen molar-refractivity contribution in [2.45, 2.75) is 128 Å². The number of ether oxygens (including phenoxy) is 3. The van der Waals surface area contributed by atoms with Crippen molar-refractivity contribution in [1.82, 2.24) is 0 Å². The van der Waals surface area contributed by atoms with Crippen LogP contribution < -0.4 is 0 Å². The first-order chi connectivity index (χ1) is 19.8. The van der Waals surface area contributed by atoms with E-state index in [9.17, 15) is 30.0 Å². The van der Waals surface area contributed by atoms with Crippen LogP contribution in [0, 0.1) is 46.3 Å². The summed E-state index contributed by atoms with van der Waals surface area (Å²) >= 11 is 0. The lowest BCUT2D eigenvalue weighted by Crippen LogP contribution is -2.53. The first-order valence-corrected chi connectivity index (χ1v) is 16.2. The van der Waals surface area contributed by atoms with Crippen LogP contribution in [0.2, 0.25) is 0 Å². The summed E-state index contributed by atoms with van der Waals surface area (Å²) in [7, 11) is 0. The molecule has 42 heavy (non-hydrogen) atoms. The number of aldehydes is 1. The highest BCUT2D eigenvalue weighted by atomic mass is 16.7. The predicted molar refractivity (Wildman–Crippen MR) is 152 cm³/mol. The van der Waals surface area contributed by atoms with Gasteiger partial charge in [0.05, 0.1) is 12.7 Å². The summed E-state index contributed by atoms with van der Waals surface area (Å²) in [6, 6.07) is 0. The van der Waals surface area contributed by atoms with E-state index >= 15 is 0 Å². The molecule has 0 aromatic carbocycles. The number of fused-ring (bicyclic) bond motifs is 7. The summed E-state index contributed by atoms with van der Waals surface area (Å²) in [5.74, 6) is 1.84. The van der Waals surface area contributed by atoms with Gasteiger partial charge in [0.2, 0.25) is 0 Å². The minimum atomic E-state index is -2.06. The van der Waals surface area contributed by atoms with Crippen LogP contribution in [0.25, 0.3) is 0 Å². The largest absolute Gasteiger partial charge is 0.460 e. The molecule has 2 saturated heterocycles. The summed E-state index contributed by atoms with van der Waals surface area (Å²) in [6.45, 7) is 10.3. The SMILES string of the molecule is C[C@@H]1CC[C@]2(OC1)OC1CC3C4CC=C5CC(OC(=O)[C@H](O)[C@H](O)[C@@H](O)[C@H](O)C=O)CCC5(C)C4CCC3(C)C1[C@@H]2C. The van der Waals surface area contributed by atoms with E-state index in [-0.39, 0.29) is 23.2 Å². The van der Waals surface area contributed by atoms with Crippen LogP contribution in [0.4, 0.5) is 0 Å². The smallest absolute Gasteiger partial charge is 0.338 e. The number of esters is 1. The first-order valence-electron chi connectivity index (χ1n) is 16.2. The van der Waals surface area contributed by atoms with Crippen molar-refractivity contribution in [3.8, 4) is 0 Å². The lowest BCUT2D eigenvalue weighted by molar-refractivity contribution is -0.272. The van der Waals surface area contributed by atoms with Gasteiger partial charge in [0.1, 0.15) is 24.4 Å². The van der Waals surface area contributed by atoms with Gasteiger partial charge >= 0.3 is 5.97 Å². The van der Waals surface area contributed by atoms with Crippen molar-refractivity contribution in [3.63, 3.8) is 0 Å². The predicted octanol–water partition coefficient (Wildman–Crippen LogP) is 2.91. The molecule has 4 aliphatic carbocycles. The summed E-state index contributed by atoms with van der Waals surface area (Å²) in [4.78, 5) is 23.3. The molecule has 6 rings (SSSR count). The molecule has 8 unspecified atom stereocenters. The topological polar surface area (TPSA) is 143 Å². The molecule has 2 heterocycles. The zero-order valence-corrected chi connectivity index (χ0v) is 25.5. The minimum Gasteiger partial charge on any atom is -0.460 e. The molecule has 0 aromatic rings. The lowest BCUT2D eigenvalue weighted by atomic mass is 9.47. The molecule has 5 fully saturated rings. The van der Waals surface area contributed by atoms with Crippen LogP contribution in [-0.2, 0) is 23.8 Å². The van der Waals surface area contributed by atoms with Gasteiger partial charge in [0, 0.05) is 18.8 Å². The van der Waals surface area contributed by atoms with Crippen LogP contribution in [0.1, 0.15) is 85.5 Å². The van der Waals surface area contributed by atoms with E-state index < -0.39 is 42.3 Å². The molecule has 0 aromatic heterocycles. The molecule has 0 bridgehead atoms. The third kappa shape index (κ3) is 4.64. The van der Waals surface area contributed by atoms with Crippen LogP contribution in [-0.4, -0.2) is 81.7 Å². The van der Waals surface area contributed by atoms with Crippen molar-refractivity contribution >= 4 is 12.3 Å². The fourth-order valence-corrected chi connectivity index (χ4v) is 10.6. The molecule has 236 valence electrons. The minimum absolute atomic E-state index is 0.0313. The Hall–Kier alpha value is -1.36. The van der Waals surface area contributed by atoms with E-state index in [1.807, 2.05) is 0 Å². The van der Waals surface area contributed by atoms with Gasteiger partial charge in [-0.25, -0.2) is 4.79 Å². The standard InChI is InChI=1S/C33H50O9/c1-17-7-12-33(40-16-17)18(2)26-25(42-33)14-23-21-6-5-19-13-20(8-10-31(19,3)22(21)9-11-32(23,26)4)41-30(39)29(38)28(37)27(36)24(35)15-34/h5,15,17-18,20-29,35-38H,6-14,16H2,1-4H3/t17-,18+,20?,21?,22?,23?,24-,25?,26?,27+,28-,29-,31?,32?,33+/m1/s1. The number of carbonyl (C=O) groups is 2. The van der Waals surface area contributed by atoms with Crippen molar-refractivity contribution in [1.29, 1.82) is 0 Å². The van der Waals surface area contributed by atoms with E-state index in [0.29, 0.717) is 48.3 Å². The molecule has 6 aliphatic rings. The molecule has 9 nitrogen and oxygen atoms in total. The maximum Gasteiger partial charge on any atom is 0.338 e. The Morgan fingerprint density at radius 1 is 1.05 bits per heavy atom. The van der Waals surface area contributed by atoms with E-state index in [2.05, 4.69) is 33.8 Å².